The molecule has 5 heteroatoms. The zero-order valence-electron chi connectivity index (χ0n) is 9.93. The van der Waals surface area contributed by atoms with Gasteiger partial charge >= 0.3 is 0 Å². The van der Waals surface area contributed by atoms with Crippen LogP contribution in [0.3, 0.4) is 0 Å². The van der Waals surface area contributed by atoms with Crippen molar-refractivity contribution >= 4 is 23.4 Å². The Morgan fingerprint density at radius 3 is 3.06 bits per heavy atom. The molecular formula is C13H14N2O2S. The number of carbonyl (C=O) groups excluding carboxylic acids is 1. The van der Waals surface area contributed by atoms with Gasteiger partial charge in [0.25, 0.3) is 0 Å². The number of carbonyl (C=O) groups is 1. The standard InChI is InChI=1S/C13H14N2O2S/c14-5-1-2-6-15-11-7-10(8-16)3-4-12(11)18-9-13(15)17/h3-4,7,16H,1-2,6,8-9H2. The van der Waals surface area contributed by atoms with E-state index in [9.17, 15) is 4.79 Å². The van der Waals surface area contributed by atoms with Gasteiger partial charge in [0.15, 0.2) is 0 Å². The minimum atomic E-state index is -0.0296. The summed E-state index contributed by atoms with van der Waals surface area (Å²) in [6.07, 6.45) is 1.13. The number of anilines is 1. The molecule has 1 aromatic rings. The van der Waals surface area contributed by atoms with Crippen LogP contribution in [-0.4, -0.2) is 23.3 Å². The average Bonchev–Trinajstić information content (AvgIpc) is 2.41. The number of nitrogens with zero attached hydrogens (tertiary/aromatic N) is 2. The third-order valence-electron chi connectivity index (χ3n) is 2.82. The molecule has 1 amide bonds. The number of hydrogen-bond donors (Lipinski definition) is 1. The molecular weight excluding hydrogens is 248 g/mol. The number of amides is 1. The second-order valence-electron chi connectivity index (χ2n) is 4.06. The fourth-order valence-corrected chi connectivity index (χ4v) is 2.82. The molecule has 0 spiro atoms. The minimum Gasteiger partial charge on any atom is -0.392 e. The second kappa shape index (κ2) is 5.89. The van der Waals surface area contributed by atoms with Gasteiger partial charge in [0.1, 0.15) is 0 Å². The number of hydrogen-bond acceptors (Lipinski definition) is 4. The number of aliphatic hydroxyl groups excluding tert-OH is 1. The predicted molar refractivity (Wildman–Crippen MR) is 70.3 cm³/mol. The number of fused-ring (bicyclic) bond motifs is 1. The maximum absolute atomic E-state index is 11.9. The van der Waals surface area contributed by atoms with Gasteiger partial charge < -0.3 is 10.0 Å². The highest BCUT2D eigenvalue weighted by molar-refractivity contribution is 8.00. The Hall–Kier alpha value is -1.51. The summed E-state index contributed by atoms with van der Waals surface area (Å²) in [5.74, 6) is 0.512. The van der Waals surface area contributed by atoms with Crippen molar-refractivity contribution in [3.63, 3.8) is 0 Å². The van der Waals surface area contributed by atoms with Crippen LogP contribution in [0.2, 0.25) is 0 Å². The summed E-state index contributed by atoms with van der Waals surface area (Å²) in [5, 5.41) is 17.7. The Bertz CT molecular complexity index is 496. The topological polar surface area (TPSA) is 64.3 Å². The van der Waals surface area contributed by atoms with Crippen LogP contribution >= 0.6 is 11.8 Å². The summed E-state index contributed by atoms with van der Waals surface area (Å²) in [4.78, 5) is 14.7. The molecule has 0 aliphatic carbocycles. The van der Waals surface area contributed by atoms with Gasteiger partial charge in [-0.25, -0.2) is 0 Å². The van der Waals surface area contributed by atoms with Gasteiger partial charge in [-0.1, -0.05) is 6.07 Å². The van der Waals surface area contributed by atoms with Crippen LogP contribution in [0.4, 0.5) is 5.69 Å². The van der Waals surface area contributed by atoms with E-state index < -0.39 is 0 Å². The molecule has 1 aliphatic rings. The third-order valence-corrected chi connectivity index (χ3v) is 3.87. The highest BCUT2D eigenvalue weighted by Gasteiger charge is 2.24. The monoisotopic (exact) mass is 262 g/mol. The molecule has 0 bridgehead atoms. The zero-order chi connectivity index (χ0) is 13.0. The predicted octanol–water partition coefficient (Wildman–Crippen LogP) is 1.92. The van der Waals surface area contributed by atoms with Crippen LogP contribution in [0.1, 0.15) is 18.4 Å². The lowest BCUT2D eigenvalue weighted by Crippen LogP contribution is -2.36. The third kappa shape index (κ3) is 2.66. The Balaban J connectivity index is 2.25. The number of unbranched alkanes of at least 4 members (excludes halogenated alkanes) is 1. The van der Waals surface area contributed by atoms with Crippen LogP contribution in [0.25, 0.3) is 0 Å². The van der Waals surface area contributed by atoms with Crippen LogP contribution in [0, 0.1) is 11.3 Å². The smallest absolute Gasteiger partial charge is 0.237 e. The number of nitriles is 1. The average molecular weight is 262 g/mol. The molecule has 1 N–H and O–H groups in total. The summed E-state index contributed by atoms with van der Waals surface area (Å²) in [5.41, 5.74) is 1.66. The first kappa shape index (κ1) is 12.9. The first-order valence-electron chi connectivity index (χ1n) is 5.80. The molecule has 0 saturated heterocycles. The van der Waals surface area contributed by atoms with Gasteiger partial charge in [-0.2, -0.15) is 5.26 Å². The van der Waals surface area contributed by atoms with E-state index in [1.165, 1.54) is 11.8 Å². The molecule has 1 aromatic carbocycles. The van der Waals surface area contributed by atoms with Crippen LogP contribution in [0.5, 0.6) is 0 Å². The Morgan fingerprint density at radius 1 is 1.50 bits per heavy atom. The van der Waals surface area contributed by atoms with Crippen molar-refractivity contribution in [2.24, 2.45) is 0 Å². The van der Waals surface area contributed by atoms with E-state index in [-0.39, 0.29) is 12.5 Å². The molecule has 0 saturated carbocycles. The molecule has 0 fully saturated rings. The van der Waals surface area contributed by atoms with E-state index in [0.717, 1.165) is 16.1 Å². The van der Waals surface area contributed by atoms with Gasteiger partial charge in [-0.3, -0.25) is 4.79 Å². The van der Waals surface area contributed by atoms with Gasteiger partial charge in [-0.15, -0.1) is 11.8 Å². The molecule has 94 valence electrons. The molecule has 0 unspecified atom stereocenters. The van der Waals surface area contributed by atoms with Gasteiger partial charge in [0.2, 0.25) is 5.91 Å². The summed E-state index contributed by atoms with van der Waals surface area (Å²) in [6.45, 7) is 0.535. The number of aliphatic hydroxyl groups is 1. The van der Waals surface area contributed by atoms with E-state index in [4.69, 9.17) is 10.4 Å². The van der Waals surface area contributed by atoms with E-state index >= 15 is 0 Å². The highest BCUT2D eigenvalue weighted by Crippen LogP contribution is 2.36. The van der Waals surface area contributed by atoms with Crippen molar-refractivity contribution < 1.29 is 9.90 Å². The van der Waals surface area contributed by atoms with Crippen LogP contribution < -0.4 is 4.90 Å². The quantitative estimate of drug-likeness (QED) is 0.842. The maximum Gasteiger partial charge on any atom is 0.237 e. The molecule has 0 atom stereocenters. The highest BCUT2D eigenvalue weighted by atomic mass is 32.2. The van der Waals surface area contributed by atoms with Crippen molar-refractivity contribution in [1.29, 1.82) is 5.26 Å². The fraction of sp³-hybridized carbons (Fsp3) is 0.385. The largest absolute Gasteiger partial charge is 0.392 e. The minimum absolute atomic E-state index is 0.0296. The Kier molecular flexibility index (Phi) is 4.24. The molecule has 4 nitrogen and oxygen atoms in total. The molecule has 1 aliphatic heterocycles. The summed E-state index contributed by atoms with van der Waals surface area (Å²) < 4.78 is 0. The SMILES string of the molecule is N#CCCCN1C(=O)CSc2ccc(CO)cc21. The van der Waals surface area contributed by atoms with E-state index in [1.807, 2.05) is 18.2 Å². The zero-order valence-corrected chi connectivity index (χ0v) is 10.7. The van der Waals surface area contributed by atoms with Crippen LogP contribution in [-0.2, 0) is 11.4 Å². The van der Waals surface area contributed by atoms with E-state index in [0.29, 0.717) is 25.1 Å². The number of benzene rings is 1. The lowest BCUT2D eigenvalue weighted by atomic mass is 10.1. The van der Waals surface area contributed by atoms with E-state index in [1.54, 1.807) is 4.90 Å². The fourth-order valence-electron chi connectivity index (χ4n) is 1.91. The van der Waals surface area contributed by atoms with Crippen molar-refractivity contribution in [2.75, 3.05) is 17.2 Å². The molecule has 2 rings (SSSR count). The Labute approximate surface area is 110 Å². The van der Waals surface area contributed by atoms with Crippen molar-refractivity contribution in [3.8, 4) is 6.07 Å². The summed E-state index contributed by atoms with van der Waals surface area (Å²) in [6, 6.07) is 7.75. The molecule has 0 aromatic heterocycles. The lowest BCUT2D eigenvalue weighted by molar-refractivity contribution is -0.116. The summed E-state index contributed by atoms with van der Waals surface area (Å²) >= 11 is 1.52. The lowest BCUT2D eigenvalue weighted by Gasteiger charge is -2.29. The van der Waals surface area contributed by atoms with E-state index in [2.05, 4.69) is 6.07 Å². The molecule has 1 heterocycles. The second-order valence-corrected chi connectivity index (χ2v) is 5.07. The molecule has 18 heavy (non-hydrogen) atoms. The first-order valence-corrected chi connectivity index (χ1v) is 6.78. The van der Waals surface area contributed by atoms with Crippen LogP contribution in [0.15, 0.2) is 23.1 Å². The van der Waals surface area contributed by atoms with Gasteiger partial charge in [0.05, 0.1) is 24.1 Å². The number of rotatable bonds is 4. The van der Waals surface area contributed by atoms with Crippen molar-refractivity contribution in [3.05, 3.63) is 23.8 Å². The Morgan fingerprint density at radius 2 is 2.33 bits per heavy atom. The number of thioether (sulfide) groups is 1. The van der Waals surface area contributed by atoms with Gasteiger partial charge in [-0.05, 0) is 24.1 Å². The maximum atomic E-state index is 11.9. The van der Waals surface area contributed by atoms with Crippen molar-refractivity contribution in [2.45, 2.75) is 24.3 Å². The normalized spacial score (nSPS) is 14.2. The van der Waals surface area contributed by atoms with Gasteiger partial charge in [0, 0.05) is 17.9 Å². The van der Waals surface area contributed by atoms with Crippen molar-refractivity contribution in [1.82, 2.24) is 0 Å². The first-order chi connectivity index (χ1) is 8.76. The molecule has 0 radical (unpaired) electrons. The summed E-state index contributed by atoms with van der Waals surface area (Å²) in [7, 11) is 0.